The van der Waals surface area contributed by atoms with Crippen LogP contribution in [0.4, 0.5) is 0 Å². The van der Waals surface area contributed by atoms with Crippen LogP contribution in [0.3, 0.4) is 0 Å². The Hall–Kier alpha value is -2.24. The number of nitrogens with zero attached hydrogens (tertiary/aromatic N) is 2. The zero-order valence-corrected chi connectivity index (χ0v) is 13.4. The normalized spacial score (nSPS) is 14.2. The van der Waals surface area contributed by atoms with Crippen LogP contribution < -0.4 is 14.8 Å². The molecule has 2 aromatic rings. The molecule has 0 spiro atoms. The Labute approximate surface area is 129 Å². The first kappa shape index (κ1) is 14.7. The monoisotopic (exact) mass is 303 g/mol. The maximum absolute atomic E-state index is 12.2. The van der Waals surface area contributed by atoms with Gasteiger partial charge in [-0.15, -0.1) is 0 Å². The third-order valence-corrected chi connectivity index (χ3v) is 3.42. The Morgan fingerprint density at radius 3 is 2.55 bits per heavy atom. The molecule has 1 N–H and O–H groups in total. The molecule has 6 heteroatoms. The predicted octanol–water partition coefficient (Wildman–Crippen LogP) is 2.03. The summed E-state index contributed by atoms with van der Waals surface area (Å²) in [6.45, 7) is 9.11. The highest BCUT2D eigenvalue weighted by molar-refractivity contribution is 5.84. The zero-order chi connectivity index (χ0) is 15.9. The summed E-state index contributed by atoms with van der Waals surface area (Å²) in [6.07, 6.45) is 0. The Bertz CT molecular complexity index is 728. The molecule has 0 radical (unpaired) electrons. The topological polar surface area (TPSA) is 65.4 Å². The van der Waals surface area contributed by atoms with E-state index in [9.17, 15) is 4.79 Å². The minimum absolute atomic E-state index is 0.0372. The molecule has 2 heterocycles. The molecule has 1 aromatic carbocycles. The van der Waals surface area contributed by atoms with E-state index in [0.29, 0.717) is 24.7 Å². The molecule has 0 fully saturated rings. The van der Waals surface area contributed by atoms with Crippen LogP contribution in [0.25, 0.3) is 11.0 Å². The molecule has 0 saturated carbocycles. The van der Waals surface area contributed by atoms with Crippen molar-refractivity contribution in [1.82, 2.24) is 14.9 Å². The van der Waals surface area contributed by atoms with Crippen LogP contribution in [0.2, 0.25) is 0 Å². The number of benzene rings is 1. The number of hydrogen-bond acceptors (Lipinski definition) is 4. The van der Waals surface area contributed by atoms with Gasteiger partial charge in [0.15, 0.2) is 11.5 Å². The molecular weight excluding hydrogens is 282 g/mol. The molecule has 1 aromatic heterocycles. The van der Waals surface area contributed by atoms with Gasteiger partial charge >= 0.3 is 0 Å². The fraction of sp³-hybridized carbons (Fsp3) is 0.500. The number of fused-ring (bicyclic) bond motifs is 2. The molecule has 3 rings (SSSR count). The number of aromatic nitrogens is 2. The first-order valence-electron chi connectivity index (χ1n) is 7.41. The summed E-state index contributed by atoms with van der Waals surface area (Å²) in [6, 6.07) is 3.77. The van der Waals surface area contributed by atoms with Crippen LogP contribution in [0.15, 0.2) is 12.1 Å². The largest absolute Gasteiger partial charge is 0.486 e. The maximum atomic E-state index is 12.2. The third kappa shape index (κ3) is 2.86. The minimum atomic E-state index is -0.252. The van der Waals surface area contributed by atoms with Crippen molar-refractivity contribution in [2.75, 3.05) is 13.2 Å². The average Bonchev–Trinajstić information content (AvgIpc) is 2.70. The number of carbonyl (C=O) groups is 1. The van der Waals surface area contributed by atoms with Crippen LogP contribution in [-0.4, -0.2) is 34.2 Å². The fourth-order valence-electron chi connectivity index (χ4n) is 2.58. The summed E-state index contributed by atoms with van der Waals surface area (Å²) >= 11 is 0. The van der Waals surface area contributed by atoms with E-state index in [0.717, 1.165) is 16.9 Å². The van der Waals surface area contributed by atoms with Gasteiger partial charge in [-0.05, 0) is 27.7 Å². The van der Waals surface area contributed by atoms with Gasteiger partial charge in [-0.2, -0.15) is 0 Å². The lowest BCUT2D eigenvalue weighted by molar-refractivity contribution is -0.123. The molecular formula is C16H21N3O3. The lowest BCUT2D eigenvalue weighted by Gasteiger charge is -2.21. The molecule has 0 bridgehead atoms. The van der Waals surface area contributed by atoms with E-state index < -0.39 is 0 Å². The third-order valence-electron chi connectivity index (χ3n) is 3.42. The van der Waals surface area contributed by atoms with Gasteiger partial charge in [-0.25, -0.2) is 4.98 Å². The van der Waals surface area contributed by atoms with Crippen LogP contribution in [0.5, 0.6) is 11.5 Å². The number of hydrogen-bond donors (Lipinski definition) is 1. The Morgan fingerprint density at radius 1 is 1.27 bits per heavy atom. The first-order chi connectivity index (χ1) is 10.3. The molecule has 0 unspecified atom stereocenters. The SMILES string of the molecule is Cc1nc2cc3c(cc2n1CC(=O)NC(C)(C)C)OCCO3. The second kappa shape index (κ2) is 5.19. The van der Waals surface area contributed by atoms with Gasteiger partial charge in [0.05, 0.1) is 11.0 Å². The molecule has 1 aliphatic heterocycles. The molecule has 0 aliphatic carbocycles. The van der Waals surface area contributed by atoms with Crippen LogP contribution in [-0.2, 0) is 11.3 Å². The van der Waals surface area contributed by atoms with E-state index in [2.05, 4.69) is 10.3 Å². The van der Waals surface area contributed by atoms with E-state index in [1.54, 1.807) is 0 Å². The number of nitrogens with one attached hydrogen (secondary N) is 1. The summed E-state index contributed by atoms with van der Waals surface area (Å²) in [5, 5.41) is 2.97. The van der Waals surface area contributed by atoms with Crippen LogP contribution in [0, 0.1) is 6.92 Å². The van der Waals surface area contributed by atoms with Crippen molar-refractivity contribution in [3.8, 4) is 11.5 Å². The van der Waals surface area contributed by atoms with Gasteiger partial charge in [-0.1, -0.05) is 0 Å². The van der Waals surface area contributed by atoms with Gasteiger partial charge in [0.25, 0.3) is 0 Å². The Morgan fingerprint density at radius 2 is 1.91 bits per heavy atom. The summed E-state index contributed by atoms with van der Waals surface area (Å²) in [5.74, 6) is 2.17. The molecule has 1 amide bonds. The van der Waals surface area contributed by atoms with Gasteiger partial charge in [-0.3, -0.25) is 4.79 Å². The quantitative estimate of drug-likeness (QED) is 0.922. The second-order valence-corrected chi connectivity index (χ2v) is 6.53. The fourth-order valence-corrected chi connectivity index (χ4v) is 2.58. The van der Waals surface area contributed by atoms with E-state index in [-0.39, 0.29) is 18.0 Å². The number of rotatable bonds is 2. The second-order valence-electron chi connectivity index (χ2n) is 6.53. The van der Waals surface area contributed by atoms with E-state index in [1.807, 2.05) is 44.4 Å². The summed E-state index contributed by atoms with van der Waals surface area (Å²) in [7, 11) is 0. The minimum Gasteiger partial charge on any atom is -0.486 e. The van der Waals surface area contributed by atoms with Crippen molar-refractivity contribution in [2.45, 2.75) is 39.8 Å². The number of imidazole rings is 1. The molecule has 1 aliphatic rings. The standard InChI is InChI=1S/C16H21N3O3/c1-10-17-11-7-13-14(22-6-5-21-13)8-12(11)19(10)9-15(20)18-16(2,3)4/h7-8H,5-6,9H2,1-4H3,(H,18,20). The smallest absolute Gasteiger partial charge is 0.240 e. The van der Waals surface area contributed by atoms with E-state index in [1.165, 1.54) is 0 Å². The molecule has 22 heavy (non-hydrogen) atoms. The number of carbonyl (C=O) groups excluding carboxylic acids is 1. The molecule has 118 valence electrons. The van der Waals surface area contributed by atoms with Crippen molar-refractivity contribution in [3.63, 3.8) is 0 Å². The molecule has 0 atom stereocenters. The Balaban J connectivity index is 1.95. The van der Waals surface area contributed by atoms with E-state index in [4.69, 9.17) is 9.47 Å². The lowest BCUT2D eigenvalue weighted by atomic mass is 10.1. The molecule has 0 saturated heterocycles. The van der Waals surface area contributed by atoms with Crippen LogP contribution in [0.1, 0.15) is 26.6 Å². The zero-order valence-electron chi connectivity index (χ0n) is 13.4. The van der Waals surface area contributed by atoms with Crippen LogP contribution >= 0.6 is 0 Å². The van der Waals surface area contributed by atoms with Gasteiger partial charge in [0, 0.05) is 17.7 Å². The number of ether oxygens (including phenoxy) is 2. The van der Waals surface area contributed by atoms with Crippen molar-refractivity contribution in [1.29, 1.82) is 0 Å². The average molecular weight is 303 g/mol. The summed E-state index contributed by atoms with van der Waals surface area (Å²) in [5.41, 5.74) is 1.44. The van der Waals surface area contributed by atoms with Gasteiger partial charge in [0.1, 0.15) is 25.6 Å². The van der Waals surface area contributed by atoms with Gasteiger partial charge in [0.2, 0.25) is 5.91 Å². The van der Waals surface area contributed by atoms with Crippen molar-refractivity contribution in [3.05, 3.63) is 18.0 Å². The number of amides is 1. The lowest BCUT2D eigenvalue weighted by Crippen LogP contribution is -2.42. The number of aryl methyl sites for hydroxylation is 1. The first-order valence-corrected chi connectivity index (χ1v) is 7.41. The Kier molecular flexibility index (Phi) is 3.47. The maximum Gasteiger partial charge on any atom is 0.240 e. The van der Waals surface area contributed by atoms with E-state index >= 15 is 0 Å². The molecule has 6 nitrogen and oxygen atoms in total. The highest BCUT2D eigenvalue weighted by Gasteiger charge is 2.19. The summed E-state index contributed by atoms with van der Waals surface area (Å²) < 4.78 is 13.1. The van der Waals surface area contributed by atoms with Crippen molar-refractivity contribution < 1.29 is 14.3 Å². The van der Waals surface area contributed by atoms with Crippen molar-refractivity contribution >= 4 is 16.9 Å². The summed E-state index contributed by atoms with van der Waals surface area (Å²) in [4.78, 5) is 16.7. The van der Waals surface area contributed by atoms with Gasteiger partial charge < -0.3 is 19.4 Å². The predicted molar refractivity (Wildman–Crippen MR) is 83.4 cm³/mol. The highest BCUT2D eigenvalue weighted by Crippen LogP contribution is 2.34. The van der Waals surface area contributed by atoms with Crippen molar-refractivity contribution in [2.24, 2.45) is 0 Å². The highest BCUT2D eigenvalue weighted by atomic mass is 16.6.